The van der Waals surface area contributed by atoms with Gasteiger partial charge in [0.2, 0.25) is 5.91 Å². The number of nitrogens with one attached hydrogen (secondary N) is 1. The minimum absolute atomic E-state index is 0.121. The van der Waals surface area contributed by atoms with Crippen LogP contribution in [0.1, 0.15) is 34.0 Å². The Hall–Kier alpha value is -2.82. The molecule has 1 atom stereocenters. The number of carbonyl (C=O) groups excluding carboxylic acids is 1. The highest BCUT2D eigenvalue weighted by Gasteiger charge is 2.13. The zero-order chi connectivity index (χ0) is 17.7. The van der Waals surface area contributed by atoms with Gasteiger partial charge < -0.3 is 15.5 Å². The Balaban J connectivity index is 1.95. The van der Waals surface area contributed by atoms with Crippen LogP contribution in [0.2, 0.25) is 0 Å². The molecule has 0 aliphatic carbocycles. The van der Waals surface area contributed by atoms with E-state index in [2.05, 4.69) is 5.32 Å². The lowest BCUT2D eigenvalue weighted by molar-refractivity contribution is -0.121. The van der Waals surface area contributed by atoms with Gasteiger partial charge in [-0.05, 0) is 55.2 Å². The highest BCUT2D eigenvalue weighted by molar-refractivity contribution is 5.88. The summed E-state index contributed by atoms with van der Waals surface area (Å²) in [6.45, 7) is 3.67. The molecule has 0 aromatic heterocycles. The summed E-state index contributed by atoms with van der Waals surface area (Å²) in [5, 5.41) is 21.6. The van der Waals surface area contributed by atoms with Gasteiger partial charge >= 0.3 is 5.97 Å². The van der Waals surface area contributed by atoms with Crippen molar-refractivity contribution in [2.24, 2.45) is 0 Å². The Labute approximate surface area is 141 Å². The molecule has 5 heteroatoms. The van der Waals surface area contributed by atoms with Crippen LogP contribution >= 0.6 is 0 Å². The second-order valence-corrected chi connectivity index (χ2v) is 5.92. The number of aromatic hydroxyl groups is 1. The first-order chi connectivity index (χ1) is 11.4. The van der Waals surface area contributed by atoms with E-state index in [9.17, 15) is 14.7 Å². The highest BCUT2D eigenvalue weighted by Crippen LogP contribution is 2.17. The molecular formula is C19H21NO4. The molecule has 0 aliphatic rings. The standard InChI is InChI=1S/C19H21NO4/c1-12-9-16(19(23)24)8-7-14(12)11-18(22)20-13(2)10-15-5-3-4-6-17(15)21/h3-9,13,21H,10-11H2,1-2H3,(H,20,22)(H,23,24). The van der Waals surface area contributed by atoms with Crippen LogP contribution in [-0.4, -0.2) is 28.1 Å². The van der Waals surface area contributed by atoms with E-state index in [1.54, 1.807) is 31.2 Å². The number of para-hydroxylation sites is 1. The van der Waals surface area contributed by atoms with E-state index < -0.39 is 5.97 Å². The molecule has 24 heavy (non-hydrogen) atoms. The lowest BCUT2D eigenvalue weighted by Crippen LogP contribution is -2.35. The Morgan fingerprint density at radius 1 is 1.12 bits per heavy atom. The fourth-order valence-corrected chi connectivity index (χ4v) is 2.59. The van der Waals surface area contributed by atoms with E-state index in [0.29, 0.717) is 6.42 Å². The molecule has 0 heterocycles. The molecule has 1 amide bonds. The van der Waals surface area contributed by atoms with Gasteiger partial charge in [-0.15, -0.1) is 0 Å². The minimum atomic E-state index is -0.981. The Bertz CT molecular complexity index is 755. The summed E-state index contributed by atoms with van der Waals surface area (Å²) in [6.07, 6.45) is 0.728. The zero-order valence-electron chi connectivity index (χ0n) is 13.7. The van der Waals surface area contributed by atoms with Crippen LogP contribution in [-0.2, 0) is 17.6 Å². The molecule has 0 bridgehead atoms. The maximum Gasteiger partial charge on any atom is 0.335 e. The van der Waals surface area contributed by atoms with Gasteiger partial charge in [-0.3, -0.25) is 4.79 Å². The molecule has 0 aliphatic heterocycles. The number of phenolic OH excluding ortho intramolecular Hbond substituents is 1. The van der Waals surface area contributed by atoms with Crippen molar-refractivity contribution in [2.75, 3.05) is 0 Å². The summed E-state index contributed by atoms with van der Waals surface area (Å²) < 4.78 is 0. The van der Waals surface area contributed by atoms with E-state index in [0.717, 1.165) is 16.7 Å². The number of rotatable bonds is 6. The topological polar surface area (TPSA) is 86.6 Å². The van der Waals surface area contributed by atoms with Crippen LogP contribution in [0.3, 0.4) is 0 Å². The summed E-state index contributed by atoms with van der Waals surface area (Å²) >= 11 is 0. The van der Waals surface area contributed by atoms with Crippen LogP contribution in [0.4, 0.5) is 0 Å². The molecule has 1 unspecified atom stereocenters. The summed E-state index contributed by atoms with van der Waals surface area (Å²) in [7, 11) is 0. The summed E-state index contributed by atoms with van der Waals surface area (Å²) in [4.78, 5) is 23.1. The van der Waals surface area contributed by atoms with E-state index in [4.69, 9.17) is 5.11 Å². The summed E-state index contributed by atoms with van der Waals surface area (Å²) in [5.74, 6) is -0.895. The van der Waals surface area contributed by atoms with Crippen molar-refractivity contribution in [2.45, 2.75) is 32.7 Å². The van der Waals surface area contributed by atoms with Crippen molar-refractivity contribution in [1.82, 2.24) is 5.32 Å². The maximum atomic E-state index is 12.2. The van der Waals surface area contributed by atoms with Crippen molar-refractivity contribution < 1.29 is 19.8 Å². The van der Waals surface area contributed by atoms with E-state index in [-0.39, 0.29) is 29.7 Å². The first-order valence-electron chi connectivity index (χ1n) is 7.76. The zero-order valence-corrected chi connectivity index (χ0v) is 13.7. The Morgan fingerprint density at radius 2 is 1.83 bits per heavy atom. The lowest BCUT2D eigenvalue weighted by atomic mass is 10.0. The molecule has 2 aromatic carbocycles. The monoisotopic (exact) mass is 327 g/mol. The predicted molar refractivity (Wildman–Crippen MR) is 91.3 cm³/mol. The Morgan fingerprint density at radius 3 is 2.46 bits per heavy atom. The molecular weight excluding hydrogens is 306 g/mol. The molecule has 2 aromatic rings. The van der Waals surface area contributed by atoms with Crippen molar-refractivity contribution in [3.8, 4) is 5.75 Å². The van der Waals surface area contributed by atoms with Crippen LogP contribution in [0.5, 0.6) is 5.75 Å². The average Bonchev–Trinajstić information content (AvgIpc) is 2.51. The van der Waals surface area contributed by atoms with Gasteiger partial charge in [-0.2, -0.15) is 0 Å². The average molecular weight is 327 g/mol. The second-order valence-electron chi connectivity index (χ2n) is 5.92. The number of benzene rings is 2. The summed E-state index contributed by atoms with van der Waals surface area (Å²) in [5.41, 5.74) is 2.57. The minimum Gasteiger partial charge on any atom is -0.508 e. The van der Waals surface area contributed by atoms with Gasteiger partial charge in [-0.25, -0.2) is 4.79 Å². The number of hydrogen-bond donors (Lipinski definition) is 3. The van der Waals surface area contributed by atoms with Gasteiger partial charge in [0.25, 0.3) is 0 Å². The fraction of sp³-hybridized carbons (Fsp3) is 0.263. The lowest BCUT2D eigenvalue weighted by Gasteiger charge is -2.15. The molecule has 0 saturated carbocycles. The first kappa shape index (κ1) is 17.5. The number of carbonyl (C=O) groups is 2. The quantitative estimate of drug-likeness (QED) is 0.761. The smallest absolute Gasteiger partial charge is 0.335 e. The van der Waals surface area contributed by atoms with Gasteiger partial charge in [-0.1, -0.05) is 24.3 Å². The van der Waals surface area contributed by atoms with Crippen molar-refractivity contribution in [3.63, 3.8) is 0 Å². The van der Waals surface area contributed by atoms with E-state index in [1.165, 1.54) is 6.07 Å². The molecule has 5 nitrogen and oxygen atoms in total. The molecule has 0 spiro atoms. The van der Waals surface area contributed by atoms with Crippen molar-refractivity contribution in [3.05, 3.63) is 64.7 Å². The molecule has 2 rings (SSSR count). The van der Waals surface area contributed by atoms with Gasteiger partial charge in [0.1, 0.15) is 5.75 Å². The third-order valence-electron chi connectivity index (χ3n) is 3.87. The number of amides is 1. The van der Waals surface area contributed by atoms with Crippen LogP contribution < -0.4 is 5.32 Å². The predicted octanol–water partition coefficient (Wildman–Crippen LogP) is 2.69. The van der Waals surface area contributed by atoms with Crippen LogP contribution in [0.15, 0.2) is 42.5 Å². The largest absolute Gasteiger partial charge is 0.508 e. The van der Waals surface area contributed by atoms with Gasteiger partial charge in [0, 0.05) is 6.04 Å². The number of carboxylic acids is 1. The van der Waals surface area contributed by atoms with E-state index >= 15 is 0 Å². The van der Waals surface area contributed by atoms with Crippen LogP contribution in [0.25, 0.3) is 0 Å². The Kier molecular flexibility index (Phi) is 5.58. The maximum absolute atomic E-state index is 12.2. The number of aromatic carboxylic acids is 1. The molecule has 0 fully saturated rings. The number of aryl methyl sites for hydroxylation is 1. The second kappa shape index (κ2) is 7.64. The van der Waals surface area contributed by atoms with Crippen LogP contribution in [0, 0.1) is 6.92 Å². The SMILES string of the molecule is Cc1cc(C(=O)O)ccc1CC(=O)NC(C)Cc1ccccc1O. The first-order valence-corrected chi connectivity index (χ1v) is 7.76. The number of carboxylic acid groups (broad SMARTS) is 1. The molecule has 3 N–H and O–H groups in total. The van der Waals surface area contributed by atoms with E-state index in [1.807, 2.05) is 19.1 Å². The van der Waals surface area contributed by atoms with Crippen molar-refractivity contribution >= 4 is 11.9 Å². The third-order valence-corrected chi connectivity index (χ3v) is 3.87. The summed E-state index contributed by atoms with van der Waals surface area (Å²) in [6, 6.07) is 11.7. The molecule has 126 valence electrons. The molecule has 0 radical (unpaired) electrons. The van der Waals surface area contributed by atoms with Gasteiger partial charge in [0.05, 0.1) is 12.0 Å². The molecule has 0 saturated heterocycles. The van der Waals surface area contributed by atoms with Crippen molar-refractivity contribution in [1.29, 1.82) is 0 Å². The van der Waals surface area contributed by atoms with Gasteiger partial charge in [0.15, 0.2) is 0 Å². The number of hydrogen-bond acceptors (Lipinski definition) is 3. The third kappa shape index (κ3) is 4.59. The normalized spacial score (nSPS) is 11.8. The highest BCUT2D eigenvalue weighted by atomic mass is 16.4. The number of phenols is 1. The fourth-order valence-electron chi connectivity index (χ4n) is 2.59.